The van der Waals surface area contributed by atoms with Crippen molar-refractivity contribution in [1.82, 2.24) is 9.80 Å². The van der Waals surface area contributed by atoms with Gasteiger partial charge in [-0.2, -0.15) is 0 Å². The lowest BCUT2D eigenvalue weighted by atomic mass is 10.2. The maximum Gasteiger partial charge on any atom is 0.514 e. The first kappa shape index (κ1) is 25.3. The predicted octanol–water partition coefficient (Wildman–Crippen LogP) is 3.21. The molecule has 9 heteroatoms. The van der Waals surface area contributed by atoms with E-state index in [2.05, 4.69) is 34.1 Å². The van der Waals surface area contributed by atoms with Crippen LogP contribution in [0.3, 0.4) is 0 Å². The zero-order valence-electron chi connectivity index (χ0n) is 20.0. The summed E-state index contributed by atoms with van der Waals surface area (Å²) in [5.74, 6) is -0.154. The van der Waals surface area contributed by atoms with Crippen molar-refractivity contribution in [3.63, 3.8) is 0 Å². The molecule has 3 rings (SSSR count). The van der Waals surface area contributed by atoms with Gasteiger partial charge in [-0.3, -0.25) is 9.80 Å². The highest BCUT2D eigenvalue weighted by molar-refractivity contribution is 5.91. The Labute approximate surface area is 200 Å². The summed E-state index contributed by atoms with van der Waals surface area (Å²) in [6.45, 7) is 7.49. The molecule has 34 heavy (non-hydrogen) atoms. The number of nitrogens with zero attached hydrogens (tertiary/aromatic N) is 2. The first-order valence-corrected chi connectivity index (χ1v) is 11.3. The molecule has 0 aliphatic carbocycles. The SMILES string of the molecule is CCOC(=O)Oc1c(OC)cc(C(=O)OCCN2CCN(Cc3ccccc3)CC2)cc1OC. The molecule has 1 fully saturated rings. The van der Waals surface area contributed by atoms with E-state index in [9.17, 15) is 9.59 Å². The van der Waals surface area contributed by atoms with Gasteiger partial charge in [-0.25, -0.2) is 9.59 Å². The normalized spacial score (nSPS) is 14.3. The summed E-state index contributed by atoms with van der Waals surface area (Å²) < 4.78 is 26.0. The van der Waals surface area contributed by atoms with Gasteiger partial charge < -0.3 is 23.7 Å². The molecule has 9 nitrogen and oxygen atoms in total. The summed E-state index contributed by atoms with van der Waals surface area (Å²) in [5, 5.41) is 0. The third kappa shape index (κ3) is 7.10. The minimum Gasteiger partial charge on any atom is -0.493 e. The van der Waals surface area contributed by atoms with Gasteiger partial charge in [-0.15, -0.1) is 0 Å². The van der Waals surface area contributed by atoms with Crippen LogP contribution in [0.25, 0.3) is 0 Å². The van der Waals surface area contributed by atoms with Crippen molar-refractivity contribution in [3.05, 3.63) is 53.6 Å². The van der Waals surface area contributed by atoms with E-state index in [0.717, 1.165) is 32.7 Å². The number of ether oxygens (including phenoxy) is 5. The molecule has 0 aromatic heterocycles. The molecule has 2 aromatic carbocycles. The lowest BCUT2D eigenvalue weighted by Crippen LogP contribution is -2.46. The second kappa shape index (κ2) is 12.8. The van der Waals surface area contributed by atoms with Gasteiger partial charge in [0.1, 0.15) is 6.61 Å². The van der Waals surface area contributed by atoms with Crippen LogP contribution in [0.1, 0.15) is 22.8 Å². The Hall–Kier alpha value is -3.30. The number of carbonyl (C=O) groups is 2. The molecule has 0 unspecified atom stereocenters. The van der Waals surface area contributed by atoms with Gasteiger partial charge >= 0.3 is 12.1 Å². The summed E-state index contributed by atoms with van der Waals surface area (Å²) in [6.07, 6.45) is -0.890. The second-order valence-electron chi connectivity index (χ2n) is 7.73. The lowest BCUT2D eigenvalue weighted by molar-refractivity contribution is 0.0418. The monoisotopic (exact) mass is 472 g/mol. The number of hydrogen-bond acceptors (Lipinski definition) is 9. The summed E-state index contributed by atoms with van der Waals surface area (Å²) in [7, 11) is 2.80. The maximum atomic E-state index is 12.6. The molecule has 0 N–H and O–H groups in total. The quantitative estimate of drug-likeness (QED) is 0.382. The molecule has 0 amide bonds. The van der Waals surface area contributed by atoms with Crippen LogP contribution in [-0.4, -0.2) is 82.1 Å². The average Bonchev–Trinajstić information content (AvgIpc) is 2.85. The third-order valence-electron chi connectivity index (χ3n) is 5.50. The molecule has 184 valence electrons. The number of methoxy groups -OCH3 is 2. The highest BCUT2D eigenvalue weighted by Crippen LogP contribution is 2.39. The number of carbonyl (C=O) groups excluding carboxylic acids is 2. The summed E-state index contributed by atoms with van der Waals surface area (Å²) >= 11 is 0. The third-order valence-corrected chi connectivity index (χ3v) is 5.50. The maximum absolute atomic E-state index is 12.6. The number of piperazine rings is 1. The van der Waals surface area contributed by atoms with Gasteiger partial charge in [0.25, 0.3) is 0 Å². The predicted molar refractivity (Wildman–Crippen MR) is 126 cm³/mol. The van der Waals surface area contributed by atoms with E-state index >= 15 is 0 Å². The fourth-order valence-electron chi connectivity index (χ4n) is 3.69. The largest absolute Gasteiger partial charge is 0.514 e. The van der Waals surface area contributed by atoms with E-state index in [1.165, 1.54) is 31.9 Å². The smallest absolute Gasteiger partial charge is 0.493 e. The molecule has 2 aromatic rings. The van der Waals surface area contributed by atoms with Gasteiger partial charge in [0.2, 0.25) is 5.75 Å². The minimum atomic E-state index is -0.890. The molecule has 1 aliphatic rings. The minimum absolute atomic E-state index is 0.0355. The van der Waals surface area contributed by atoms with Crippen molar-refractivity contribution < 1.29 is 33.3 Å². The fraction of sp³-hybridized carbons (Fsp3) is 0.440. The van der Waals surface area contributed by atoms with Crippen molar-refractivity contribution in [2.45, 2.75) is 13.5 Å². The Balaban J connectivity index is 1.49. The standard InChI is InChI=1S/C25H32N2O7/c1-4-32-25(29)34-23-21(30-2)16-20(17-22(23)31-3)24(28)33-15-14-26-10-12-27(13-11-26)18-19-8-6-5-7-9-19/h5-9,16-17H,4,10-15,18H2,1-3H3. The highest BCUT2D eigenvalue weighted by atomic mass is 16.7. The number of hydrogen-bond donors (Lipinski definition) is 0. The van der Waals surface area contributed by atoms with E-state index < -0.39 is 12.1 Å². The molecule has 0 bridgehead atoms. The Morgan fingerprint density at radius 1 is 0.882 bits per heavy atom. The van der Waals surface area contributed by atoms with Gasteiger partial charge in [0, 0.05) is 39.3 Å². The van der Waals surface area contributed by atoms with Crippen LogP contribution in [0.15, 0.2) is 42.5 Å². The second-order valence-corrected chi connectivity index (χ2v) is 7.73. The lowest BCUT2D eigenvalue weighted by Gasteiger charge is -2.34. The number of esters is 1. The van der Waals surface area contributed by atoms with E-state index in [1.54, 1.807) is 6.92 Å². The molecule has 0 spiro atoms. The Morgan fingerprint density at radius 2 is 1.50 bits per heavy atom. The zero-order chi connectivity index (χ0) is 24.3. The Bertz CT molecular complexity index is 919. The van der Waals surface area contributed by atoms with Crippen LogP contribution in [0.4, 0.5) is 4.79 Å². The molecular formula is C25H32N2O7. The molecule has 1 heterocycles. The summed E-state index contributed by atoms with van der Waals surface area (Å²) in [4.78, 5) is 29.0. The molecule has 0 saturated carbocycles. The molecule has 1 aliphatic heterocycles. The average molecular weight is 473 g/mol. The highest BCUT2D eigenvalue weighted by Gasteiger charge is 2.22. The molecule has 1 saturated heterocycles. The van der Waals surface area contributed by atoms with Gasteiger partial charge in [-0.1, -0.05) is 30.3 Å². The van der Waals surface area contributed by atoms with Crippen LogP contribution in [-0.2, 0) is 16.0 Å². The van der Waals surface area contributed by atoms with Gasteiger partial charge in [0.15, 0.2) is 11.5 Å². The molecular weight excluding hydrogens is 440 g/mol. The van der Waals surface area contributed by atoms with Crippen LogP contribution in [0.5, 0.6) is 17.2 Å². The molecule has 0 radical (unpaired) electrons. The van der Waals surface area contributed by atoms with Crippen molar-refractivity contribution in [2.24, 2.45) is 0 Å². The summed E-state index contributed by atoms with van der Waals surface area (Å²) in [5.41, 5.74) is 1.55. The van der Waals surface area contributed by atoms with E-state index in [0.29, 0.717) is 6.54 Å². The Morgan fingerprint density at radius 3 is 2.09 bits per heavy atom. The number of benzene rings is 2. The van der Waals surface area contributed by atoms with Crippen molar-refractivity contribution in [3.8, 4) is 17.2 Å². The van der Waals surface area contributed by atoms with E-state index in [1.807, 2.05) is 6.07 Å². The summed E-state index contributed by atoms with van der Waals surface area (Å²) in [6, 6.07) is 13.3. The Kier molecular flexibility index (Phi) is 9.54. The van der Waals surface area contributed by atoms with Crippen molar-refractivity contribution >= 4 is 12.1 Å². The van der Waals surface area contributed by atoms with Crippen LogP contribution < -0.4 is 14.2 Å². The van der Waals surface area contributed by atoms with Crippen LogP contribution in [0, 0.1) is 0 Å². The van der Waals surface area contributed by atoms with Crippen molar-refractivity contribution in [1.29, 1.82) is 0 Å². The fourth-order valence-corrected chi connectivity index (χ4v) is 3.69. The van der Waals surface area contributed by atoms with Crippen LogP contribution in [0.2, 0.25) is 0 Å². The first-order valence-electron chi connectivity index (χ1n) is 11.3. The van der Waals surface area contributed by atoms with Crippen molar-refractivity contribution in [2.75, 3.05) is 60.2 Å². The van der Waals surface area contributed by atoms with Crippen LogP contribution >= 0.6 is 0 Å². The molecule has 0 atom stereocenters. The van der Waals surface area contributed by atoms with Gasteiger partial charge in [0.05, 0.1) is 26.4 Å². The number of rotatable bonds is 10. The van der Waals surface area contributed by atoms with Gasteiger partial charge in [-0.05, 0) is 24.6 Å². The van der Waals surface area contributed by atoms with E-state index in [4.69, 9.17) is 23.7 Å². The zero-order valence-corrected chi connectivity index (χ0v) is 20.0. The topological polar surface area (TPSA) is 86.8 Å². The van der Waals surface area contributed by atoms with E-state index in [-0.39, 0.29) is 36.0 Å². The first-order chi connectivity index (χ1) is 16.5.